The monoisotopic (exact) mass is 292 g/mol. The van der Waals surface area contributed by atoms with E-state index in [9.17, 15) is 0 Å². The summed E-state index contributed by atoms with van der Waals surface area (Å²) < 4.78 is 5.46. The minimum atomic E-state index is 0.612. The van der Waals surface area contributed by atoms with Crippen LogP contribution in [0.2, 0.25) is 0 Å². The molecule has 2 heterocycles. The molecular formula is C14H24N6O. The predicted molar refractivity (Wildman–Crippen MR) is 84.7 cm³/mol. The molecule has 0 atom stereocenters. The Kier molecular flexibility index (Phi) is 6.21. The van der Waals surface area contributed by atoms with Crippen molar-refractivity contribution in [3.05, 3.63) is 6.33 Å². The Morgan fingerprint density at radius 1 is 1.10 bits per heavy atom. The first-order chi connectivity index (χ1) is 10.3. The number of hydrogen-bond donors (Lipinski definition) is 3. The lowest BCUT2D eigenvalue weighted by Crippen LogP contribution is -2.10. The van der Waals surface area contributed by atoms with Gasteiger partial charge in [0.1, 0.15) is 5.52 Å². The SMILES string of the molecule is CCCNc1nc(NCCCOCCC)c2[nH]cnc2n1. The van der Waals surface area contributed by atoms with Crippen LogP contribution in [0.1, 0.15) is 33.1 Å². The Labute approximate surface area is 124 Å². The molecule has 7 heteroatoms. The number of rotatable bonds is 10. The molecule has 0 saturated carbocycles. The molecule has 0 aliphatic carbocycles. The third-order valence-electron chi connectivity index (χ3n) is 2.93. The quantitative estimate of drug-likeness (QED) is 0.583. The minimum absolute atomic E-state index is 0.612. The number of nitrogens with one attached hydrogen (secondary N) is 3. The molecule has 116 valence electrons. The first kappa shape index (κ1) is 15.5. The van der Waals surface area contributed by atoms with Crippen molar-refractivity contribution in [2.24, 2.45) is 0 Å². The molecule has 0 amide bonds. The molecule has 3 N–H and O–H groups in total. The number of fused-ring (bicyclic) bond motifs is 1. The van der Waals surface area contributed by atoms with Gasteiger partial charge in [0.2, 0.25) is 5.95 Å². The minimum Gasteiger partial charge on any atom is -0.381 e. The van der Waals surface area contributed by atoms with E-state index in [-0.39, 0.29) is 0 Å². The molecule has 0 aliphatic rings. The van der Waals surface area contributed by atoms with Crippen molar-refractivity contribution in [1.29, 1.82) is 0 Å². The second-order valence-electron chi connectivity index (χ2n) is 4.82. The van der Waals surface area contributed by atoms with Gasteiger partial charge in [-0.15, -0.1) is 0 Å². The Balaban J connectivity index is 1.95. The van der Waals surface area contributed by atoms with Gasteiger partial charge in [-0.25, -0.2) is 4.98 Å². The number of ether oxygens (including phenoxy) is 1. The zero-order chi connectivity index (χ0) is 14.9. The van der Waals surface area contributed by atoms with Gasteiger partial charge in [-0.05, 0) is 19.3 Å². The first-order valence-electron chi connectivity index (χ1n) is 7.61. The van der Waals surface area contributed by atoms with Crippen molar-refractivity contribution in [3.8, 4) is 0 Å². The van der Waals surface area contributed by atoms with E-state index in [1.54, 1.807) is 6.33 Å². The molecule has 0 saturated heterocycles. The fourth-order valence-corrected chi connectivity index (χ4v) is 1.90. The van der Waals surface area contributed by atoms with E-state index in [0.29, 0.717) is 11.6 Å². The Morgan fingerprint density at radius 3 is 2.81 bits per heavy atom. The van der Waals surface area contributed by atoms with Gasteiger partial charge < -0.3 is 20.4 Å². The van der Waals surface area contributed by atoms with Gasteiger partial charge in [-0.2, -0.15) is 9.97 Å². The fraction of sp³-hybridized carbons (Fsp3) is 0.643. The third-order valence-corrected chi connectivity index (χ3v) is 2.93. The summed E-state index contributed by atoms with van der Waals surface area (Å²) in [5.41, 5.74) is 1.51. The van der Waals surface area contributed by atoms with Crippen molar-refractivity contribution in [3.63, 3.8) is 0 Å². The van der Waals surface area contributed by atoms with Crippen LogP contribution in [0.4, 0.5) is 11.8 Å². The summed E-state index contributed by atoms with van der Waals surface area (Å²) in [6, 6.07) is 0. The van der Waals surface area contributed by atoms with Gasteiger partial charge in [-0.1, -0.05) is 13.8 Å². The number of H-pyrrole nitrogens is 1. The van der Waals surface area contributed by atoms with Crippen molar-refractivity contribution in [1.82, 2.24) is 19.9 Å². The standard InChI is InChI=1S/C14H24N6O/c1-3-6-16-14-19-12(11-13(20-14)18-10-17-11)15-7-5-9-21-8-4-2/h10H,3-9H2,1-2H3,(H3,15,16,17,18,19,20). The number of aromatic nitrogens is 4. The molecule has 0 aliphatic heterocycles. The third kappa shape index (κ3) is 4.56. The lowest BCUT2D eigenvalue weighted by atomic mass is 10.4. The van der Waals surface area contributed by atoms with Gasteiger partial charge >= 0.3 is 0 Å². The van der Waals surface area contributed by atoms with Crippen molar-refractivity contribution in [2.75, 3.05) is 36.9 Å². The van der Waals surface area contributed by atoms with Gasteiger partial charge in [0.05, 0.1) is 6.33 Å². The molecule has 0 radical (unpaired) electrons. The summed E-state index contributed by atoms with van der Waals surface area (Å²) in [5, 5.41) is 6.52. The summed E-state index contributed by atoms with van der Waals surface area (Å²) in [5.74, 6) is 1.40. The highest BCUT2D eigenvalue weighted by Gasteiger charge is 2.09. The topological polar surface area (TPSA) is 87.8 Å². The van der Waals surface area contributed by atoms with Crippen LogP contribution >= 0.6 is 0 Å². The van der Waals surface area contributed by atoms with Crippen LogP contribution in [0, 0.1) is 0 Å². The average molecular weight is 292 g/mol. The summed E-state index contributed by atoms with van der Waals surface area (Å²) >= 11 is 0. The van der Waals surface area contributed by atoms with E-state index < -0.39 is 0 Å². The smallest absolute Gasteiger partial charge is 0.226 e. The van der Waals surface area contributed by atoms with Crippen LogP contribution in [-0.4, -0.2) is 46.2 Å². The number of hydrogen-bond acceptors (Lipinski definition) is 6. The van der Waals surface area contributed by atoms with Crippen molar-refractivity contribution >= 4 is 22.9 Å². The number of aromatic amines is 1. The van der Waals surface area contributed by atoms with Crippen LogP contribution in [0.15, 0.2) is 6.33 Å². The number of anilines is 2. The van der Waals surface area contributed by atoms with E-state index in [1.165, 1.54) is 0 Å². The highest BCUT2D eigenvalue weighted by Crippen LogP contribution is 2.18. The fourth-order valence-electron chi connectivity index (χ4n) is 1.90. The normalized spacial score (nSPS) is 11.0. The molecule has 0 unspecified atom stereocenters. The molecule has 2 rings (SSSR count). The first-order valence-corrected chi connectivity index (χ1v) is 7.61. The van der Waals surface area contributed by atoms with Crippen LogP contribution in [0.25, 0.3) is 11.2 Å². The number of imidazole rings is 1. The predicted octanol–water partition coefficient (Wildman–Crippen LogP) is 2.40. The lowest BCUT2D eigenvalue weighted by Gasteiger charge is -2.09. The lowest BCUT2D eigenvalue weighted by molar-refractivity contribution is 0.134. The molecule has 0 aromatic carbocycles. The van der Waals surface area contributed by atoms with Crippen LogP contribution < -0.4 is 10.6 Å². The van der Waals surface area contributed by atoms with Gasteiger partial charge in [0.25, 0.3) is 0 Å². The second kappa shape index (κ2) is 8.41. The number of nitrogens with zero attached hydrogens (tertiary/aromatic N) is 3. The Bertz CT molecular complexity index is 541. The highest BCUT2D eigenvalue weighted by atomic mass is 16.5. The maximum Gasteiger partial charge on any atom is 0.226 e. The molecule has 0 bridgehead atoms. The second-order valence-corrected chi connectivity index (χ2v) is 4.82. The molecular weight excluding hydrogens is 268 g/mol. The zero-order valence-electron chi connectivity index (χ0n) is 12.8. The van der Waals surface area contributed by atoms with Gasteiger partial charge in [0, 0.05) is 26.3 Å². The summed E-state index contributed by atoms with van der Waals surface area (Å²) in [4.78, 5) is 16.2. The Hall–Kier alpha value is -1.89. The van der Waals surface area contributed by atoms with E-state index >= 15 is 0 Å². The van der Waals surface area contributed by atoms with Crippen LogP contribution in [-0.2, 0) is 4.74 Å². The molecule has 21 heavy (non-hydrogen) atoms. The molecule has 2 aromatic rings. The van der Waals surface area contributed by atoms with Gasteiger partial charge in [0.15, 0.2) is 11.5 Å². The molecule has 7 nitrogen and oxygen atoms in total. The van der Waals surface area contributed by atoms with Crippen molar-refractivity contribution < 1.29 is 4.74 Å². The molecule has 0 fully saturated rings. The maximum absolute atomic E-state index is 5.46. The largest absolute Gasteiger partial charge is 0.381 e. The summed E-state index contributed by atoms with van der Waals surface area (Å²) in [7, 11) is 0. The highest BCUT2D eigenvalue weighted by molar-refractivity contribution is 5.83. The van der Waals surface area contributed by atoms with E-state index in [4.69, 9.17) is 4.74 Å². The van der Waals surface area contributed by atoms with E-state index in [2.05, 4.69) is 44.4 Å². The van der Waals surface area contributed by atoms with E-state index in [0.717, 1.165) is 56.9 Å². The summed E-state index contributed by atoms with van der Waals surface area (Å²) in [6.45, 7) is 7.46. The summed E-state index contributed by atoms with van der Waals surface area (Å²) in [6.07, 6.45) is 4.66. The Morgan fingerprint density at radius 2 is 2.00 bits per heavy atom. The maximum atomic E-state index is 5.46. The van der Waals surface area contributed by atoms with Crippen LogP contribution in [0.3, 0.4) is 0 Å². The molecule has 0 spiro atoms. The van der Waals surface area contributed by atoms with Crippen LogP contribution in [0.5, 0.6) is 0 Å². The van der Waals surface area contributed by atoms with Crippen molar-refractivity contribution in [2.45, 2.75) is 33.1 Å². The van der Waals surface area contributed by atoms with Gasteiger partial charge in [-0.3, -0.25) is 0 Å². The average Bonchev–Trinajstić information content (AvgIpc) is 2.97. The molecule has 2 aromatic heterocycles. The van der Waals surface area contributed by atoms with E-state index in [1.807, 2.05) is 0 Å². The zero-order valence-corrected chi connectivity index (χ0v) is 12.8.